The number of carbonyl (C=O) groups is 1. The standard InChI is InChI=1S/C15H31N3O2/c1-13(2)5-12-20-14(3)15(19)17-6-4-9-18-10-7-16-8-11-18/h13-14,16H,4-12H2,1-3H3,(H,17,19). The molecular formula is C15H31N3O2. The topological polar surface area (TPSA) is 53.6 Å². The zero-order valence-electron chi connectivity index (χ0n) is 13.3. The zero-order valence-corrected chi connectivity index (χ0v) is 13.3. The Balaban J connectivity index is 2.00. The van der Waals surface area contributed by atoms with E-state index >= 15 is 0 Å². The normalized spacial score (nSPS) is 18.2. The molecule has 5 nitrogen and oxygen atoms in total. The molecule has 20 heavy (non-hydrogen) atoms. The lowest BCUT2D eigenvalue weighted by molar-refractivity contribution is -0.131. The molecule has 1 aliphatic heterocycles. The smallest absolute Gasteiger partial charge is 0.248 e. The van der Waals surface area contributed by atoms with E-state index in [0.29, 0.717) is 12.5 Å². The first-order chi connectivity index (χ1) is 9.59. The van der Waals surface area contributed by atoms with E-state index in [1.165, 1.54) is 0 Å². The summed E-state index contributed by atoms with van der Waals surface area (Å²) in [5, 5.41) is 6.29. The molecule has 0 radical (unpaired) electrons. The summed E-state index contributed by atoms with van der Waals surface area (Å²) >= 11 is 0. The minimum atomic E-state index is -0.340. The van der Waals surface area contributed by atoms with Crippen LogP contribution in [0, 0.1) is 5.92 Å². The van der Waals surface area contributed by atoms with E-state index in [2.05, 4.69) is 29.4 Å². The van der Waals surface area contributed by atoms with Gasteiger partial charge in [-0.3, -0.25) is 4.79 Å². The highest BCUT2D eigenvalue weighted by atomic mass is 16.5. The van der Waals surface area contributed by atoms with Gasteiger partial charge in [-0.1, -0.05) is 13.8 Å². The maximum atomic E-state index is 11.8. The molecule has 1 fully saturated rings. The molecule has 0 bridgehead atoms. The number of hydrogen-bond acceptors (Lipinski definition) is 4. The summed E-state index contributed by atoms with van der Waals surface area (Å²) in [5.74, 6) is 0.623. The van der Waals surface area contributed by atoms with Gasteiger partial charge in [0.15, 0.2) is 0 Å². The van der Waals surface area contributed by atoms with Crippen molar-refractivity contribution in [2.24, 2.45) is 5.92 Å². The fraction of sp³-hybridized carbons (Fsp3) is 0.933. The Kier molecular flexibility index (Phi) is 8.82. The van der Waals surface area contributed by atoms with E-state index in [1.54, 1.807) is 0 Å². The molecule has 118 valence electrons. The Hall–Kier alpha value is -0.650. The maximum Gasteiger partial charge on any atom is 0.248 e. The lowest BCUT2D eigenvalue weighted by Crippen LogP contribution is -2.44. The van der Waals surface area contributed by atoms with E-state index in [-0.39, 0.29) is 12.0 Å². The molecule has 1 heterocycles. The Morgan fingerprint density at radius 3 is 2.65 bits per heavy atom. The van der Waals surface area contributed by atoms with E-state index in [4.69, 9.17) is 4.74 Å². The first kappa shape index (κ1) is 17.4. The SMILES string of the molecule is CC(C)CCOC(C)C(=O)NCCCN1CCNCC1. The van der Waals surface area contributed by atoms with Crippen LogP contribution in [0.2, 0.25) is 0 Å². The highest BCUT2D eigenvalue weighted by Crippen LogP contribution is 2.01. The van der Waals surface area contributed by atoms with E-state index in [9.17, 15) is 4.79 Å². The van der Waals surface area contributed by atoms with Crippen LogP contribution >= 0.6 is 0 Å². The quantitative estimate of drug-likeness (QED) is 0.617. The van der Waals surface area contributed by atoms with Crippen molar-refractivity contribution in [3.8, 4) is 0 Å². The van der Waals surface area contributed by atoms with Crippen molar-refractivity contribution in [1.29, 1.82) is 0 Å². The van der Waals surface area contributed by atoms with Gasteiger partial charge >= 0.3 is 0 Å². The molecule has 1 amide bonds. The maximum absolute atomic E-state index is 11.8. The number of rotatable bonds is 9. The third-order valence-electron chi connectivity index (χ3n) is 3.59. The Labute approximate surface area is 123 Å². The second-order valence-corrected chi connectivity index (χ2v) is 5.93. The van der Waals surface area contributed by atoms with Crippen molar-refractivity contribution in [2.45, 2.75) is 39.7 Å². The Bertz CT molecular complexity index is 266. The van der Waals surface area contributed by atoms with Crippen LogP contribution in [0.15, 0.2) is 0 Å². The molecule has 1 unspecified atom stereocenters. The Morgan fingerprint density at radius 1 is 1.30 bits per heavy atom. The second-order valence-electron chi connectivity index (χ2n) is 5.93. The average Bonchev–Trinajstić information content (AvgIpc) is 2.44. The fourth-order valence-electron chi connectivity index (χ4n) is 2.15. The molecular weight excluding hydrogens is 254 g/mol. The van der Waals surface area contributed by atoms with Crippen LogP contribution in [0.25, 0.3) is 0 Å². The van der Waals surface area contributed by atoms with Crippen LogP contribution in [0.3, 0.4) is 0 Å². The van der Waals surface area contributed by atoms with Crippen molar-refractivity contribution in [3.05, 3.63) is 0 Å². The molecule has 1 saturated heterocycles. The van der Waals surface area contributed by atoms with Crippen LogP contribution in [0.4, 0.5) is 0 Å². The van der Waals surface area contributed by atoms with Crippen molar-refractivity contribution >= 4 is 5.91 Å². The molecule has 5 heteroatoms. The highest BCUT2D eigenvalue weighted by molar-refractivity contribution is 5.80. The minimum Gasteiger partial charge on any atom is -0.369 e. The number of ether oxygens (including phenoxy) is 1. The number of amides is 1. The third kappa shape index (κ3) is 7.82. The molecule has 1 rings (SSSR count). The molecule has 1 aliphatic rings. The summed E-state index contributed by atoms with van der Waals surface area (Å²) in [6.45, 7) is 13.0. The van der Waals surface area contributed by atoms with E-state index in [1.807, 2.05) is 6.92 Å². The van der Waals surface area contributed by atoms with Gasteiger partial charge in [0.25, 0.3) is 0 Å². The van der Waals surface area contributed by atoms with Crippen LogP contribution in [0.5, 0.6) is 0 Å². The largest absolute Gasteiger partial charge is 0.369 e. The first-order valence-corrected chi connectivity index (χ1v) is 7.92. The molecule has 0 aromatic heterocycles. The molecule has 0 saturated carbocycles. The van der Waals surface area contributed by atoms with Crippen molar-refractivity contribution in [3.63, 3.8) is 0 Å². The van der Waals surface area contributed by atoms with Gasteiger partial charge in [-0.05, 0) is 32.2 Å². The van der Waals surface area contributed by atoms with Gasteiger partial charge in [-0.15, -0.1) is 0 Å². The van der Waals surface area contributed by atoms with Crippen LogP contribution in [-0.4, -0.2) is 62.8 Å². The van der Waals surface area contributed by atoms with Gasteiger partial charge in [0.1, 0.15) is 6.10 Å². The number of nitrogens with one attached hydrogen (secondary N) is 2. The summed E-state index contributed by atoms with van der Waals surface area (Å²) < 4.78 is 5.53. The molecule has 0 aromatic rings. The van der Waals surface area contributed by atoms with Crippen LogP contribution < -0.4 is 10.6 Å². The second kappa shape index (κ2) is 10.1. The summed E-state index contributed by atoms with van der Waals surface area (Å²) in [5.41, 5.74) is 0. The Morgan fingerprint density at radius 2 is 2.00 bits per heavy atom. The summed E-state index contributed by atoms with van der Waals surface area (Å²) in [6.07, 6.45) is 1.67. The van der Waals surface area contributed by atoms with Crippen LogP contribution in [0.1, 0.15) is 33.6 Å². The fourth-order valence-corrected chi connectivity index (χ4v) is 2.15. The predicted octanol–water partition coefficient (Wildman–Crippen LogP) is 0.849. The van der Waals surface area contributed by atoms with Gasteiger partial charge in [0, 0.05) is 39.3 Å². The van der Waals surface area contributed by atoms with Gasteiger partial charge in [0.2, 0.25) is 5.91 Å². The number of nitrogens with zero attached hydrogens (tertiary/aromatic N) is 1. The molecule has 0 aliphatic carbocycles. The summed E-state index contributed by atoms with van der Waals surface area (Å²) in [7, 11) is 0. The van der Waals surface area contributed by atoms with Crippen LogP contribution in [-0.2, 0) is 9.53 Å². The van der Waals surface area contributed by atoms with Crippen molar-refractivity contribution < 1.29 is 9.53 Å². The van der Waals surface area contributed by atoms with Gasteiger partial charge in [-0.2, -0.15) is 0 Å². The minimum absolute atomic E-state index is 0.00840. The lowest BCUT2D eigenvalue weighted by atomic mass is 10.1. The molecule has 1 atom stereocenters. The van der Waals surface area contributed by atoms with Gasteiger partial charge < -0.3 is 20.3 Å². The average molecular weight is 285 g/mol. The number of piperazine rings is 1. The molecule has 2 N–H and O–H groups in total. The van der Waals surface area contributed by atoms with Gasteiger partial charge in [0.05, 0.1) is 0 Å². The molecule has 0 aromatic carbocycles. The molecule has 0 spiro atoms. The first-order valence-electron chi connectivity index (χ1n) is 7.92. The monoisotopic (exact) mass is 285 g/mol. The van der Waals surface area contributed by atoms with Gasteiger partial charge in [-0.25, -0.2) is 0 Å². The number of hydrogen-bond donors (Lipinski definition) is 2. The summed E-state index contributed by atoms with van der Waals surface area (Å²) in [6, 6.07) is 0. The van der Waals surface area contributed by atoms with E-state index in [0.717, 1.165) is 52.1 Å². The predicted molar refractivity (Wildman–Crippen MR) is 81.8 cm³/mol. The lowest BCUT2D eigenvalue weighted by Gasteiger charge is -2.27. The number of carbonyl (C=O) groups excluding carboxylic acids is 1. The van der Waals surface area contributed by atoms with E-state index < -0.39 is 0 Å². The highest BCUT2D eigenvalue weighted by Gasteiger charge is 2.13. The van der Waals surface area contributed by atoms with Crippen molar-refractivity contribution in [2.75, 3.05) is 45.9 Å². The summed E-state index contributed by atoms with van der Waals surface area (Å²) in [4.78, 5) is 14.2. The van der Waals surface area contributed by atoms with Crippen molar-refractivity contribution in [1.82, 2.24) is 15.5 Å². The third-order valence-corrected chi connectivity index (χ3v) is 3.59. The zero-order chi connectivity index (χ0) is 14.8.